The molecule has 0 bridgehead atoms. The predicted molar refractivity (Wildman–Crippen MR) is 47.6 cm³/mol. The van der Waals surface area contributed by atoms with Gasteiger partial charge in [-0.3, -0.25) is 14.0 Å². The zero-order valence-electron chi connectivity index (χ0n) is 8.38. The van der Waals surface area contributed by atoms with Crippen LogP contribution in [0.5, 0.6) is 0 Å². The van der Waals surface area contributed by atoms with Crippen LogP contribution in [-0.2, 0) is 14.3 Å². The summed E-state index contributed by atoms with van der Waals surface area (Å²) < 4.78 is 16.5. The van der Waals surface area contributed by atoms with Crippen molar-refractivity contribution >= 4 is 11.9 Å². The monoisotopic (exact) mass is 206 g/mol. The molecule has 0 aromatic carbocycles. The zero-order chi connectivity index (χ0) is 11.2. The van der Waals surface area contributed by atoms with E-state index in [2.05, 4.69) is 4.74 Å². The second kappa shape index (κ2) is 5.57. The van der Waals surface area contributed by atoms with Gasteiger partial charge in [0.15, 0.2) is 5.41 Å². The molecule has 0 rings (SSSR count). The summed E-state index contributed by atoms with van der Waals surface area (Å²) >= 11 is 0. The van der Waals surface area contributed by atoms with E-state index in [1.807, 2.05) is 0 Å². The molecule has 0 aliphatic carbocycles. The van der Waals surface area contributed by atoms with Gasteiger partial charge in [-0.2, -0.15) is 0 Å². The van der Waals surface area contributed by atoms with Crippen LogP contribution in [0.25, 0.3) is 0 Å². The molecule has 82 valence electrons. The number of halogens is 1. The maximum atomic E-state index is 11.9. The topological polar surface area (TPSA) is 63.6 Å². The van der Waals surface area contributed by atoms with Crippen molar-refractivity contribution in [2.24, 2.45) is 5.41 Å². The summed E-state index contributed by atoms with van der Waals surface area (Å²) in [6, 6.07) is 0. The number of carbonyl (C=O) groups is 2. The van der Waals surface area contributed by atoms with E-state index in [4.69, 9.17) is 5.11 Å². The summed E-state index contributed by atoms with van der Waals surface area (Å²) in [7, 11) is 0. The lowest BCUT2D eigenvalue weighted by Crippen LogP contribution is -2.38. The Morgan fingerprint density at radius 3 is 2.43 bits per heavy atom. The zero-order valence-corrected chi connectivity index (χ0v) is 8.38. The summed E-state index contributed by atoms with van der Waals surface area (Å²) in [6.07, 6.45) is -0.000713. The minimum absolute atomic E-state index is 0.0433. The molecule has 0 fully saturated rings. The smallest absolute Gasteiger partial charge is 0.323 e. The van der Waals surface area contributed by atoms with E-state index in [0.717, 1.165) is 0 Å². The highest BCUT2D eigenvalue weighted by Gasteiger charge is 2.42. The van der Waals surface area contributed by atoms with E-state index in [0.29, 0.717) is 0 Å². The van der Waals surface area contributed by atoms with Gasteiger partial charge in [-0.25, -0.2) is 0 Å². The summed E-state index contributed by atoms with van der Waals surface area (Å²) in [4.78, 5) is 22.1. The van der Waals surface area contributed by atoms with E-state index in [1.54, 1.807) is 6.92 Å². The van der Waals surface area contributed by atoms with E-state index in [1.165, 1.54) is 6.92 Å². The number of hydrogen-bond donors (Lipinski definition) is 1. The average molecular weight is 206 g/mol. The first-order valence-electron chi connectivity index (χ1n) is 4.45. The molecule has 1 N–H and O–H groups in total. The lowest BCUT2D eigenvalue weighted by atomic mass is 9.86. The molecule has 0 aliphatic rings. The lowest BCUT2D eigenvalue weighted by Gasteiger charge is -2.21. The van der Waals surface area contributed by atoms with Gasteiger partial charge in [-0.15, -0.1) is 0 Å². The predicted octanol–water partition coefficient (Wildman–Crippen LogP) is 1.39. The quantitative estimate of drug-likeness (QED) is 0.527. The minimum Gasteiger partial charge on any atom is -0.480 e. The second-order valence-electron chi connectivity index (χ2n) is 3.15. The van der Waals surface area contributed by atoms with Crippen molar-refractivity contribution in [1.29, 1.82) is 0 Å². The molecule has 0 saturated carbocycles. The van der Waals surface area contributed by atoms with Crippen LogP contribution in [0.15, 0.2) is 0 Å². The first-order valence-corrected chi connectivity index (χ1v) is 4.45. The highest BCUT2D eigenvalue weighted by Crippen LogP contribution is 2.25. The van der Waals surface area contributed by atoms with Crippen LogP contribution in [0.4, 0.5) is 4.39 Å². The standard InChI is InChI=1S/C9H15FO4/c1-3-14-8(13)9(2,7(11)12)5-4-6-10/h3-6H2,1-2H3,(H,11,12). The molecule has 14 heavy (non-hydrogen) atoms. The van der Waals surface area contributed by atoms with Crippen LogP contribution in [-0.4, -0.2) is 30.3 Å². The second-order valence-corrected chi connectivity index (χ2v) is 3.15. The molecule has 0 aliphatic heterocycles. The third-order valence-electron chi connectivity index (χ3n) is 2.01. The Bertz CT molecular complexity index is 217. The number of carboxylic acids is 1. The van der Waals surface area contributed by atoms with Gasteiger partial charge in [0.1, 0.15) is 0 Å². The Labute approximate surface area is 82.1 Å². The first kappa shape index (κ1) is 12.9. The molecular weight excluding hydrogens is 191 g/mol. The number of carbonyl (C=O) groups excluding carboxylic acids is 1. The Hall–Kier alpha value is -1.13. The van der Waals surface area contributed by atoms with Crippen molar-refractivity contribution in [3.8, 4) is 0 Å². The molecule has 0 amide bonds. The van der Waals surface area contributed by atoms with Gasteiger partial charge in [0.05, 0.1) is 13.3 Å². The molecule has 4 nitrogen and oxygen atoms in total. The lowest BCUT2D eigenvalue weighted by molar-refractivity contribution is -0.167. The maximum absolute atomic E-state index is 11.9. The number of esters is 1. The Kier molecular flexibility index (Phi) is 5.12. The van der Waals surface area contributed by atoms with Crippen molar-refractivity contribution < 1.29 is 23.8 Å². The van der Waals surface area contributed by atoms with Crippen LogP contribution in [0.3, 0.4) is 0 Å². The van der Waals surface area contributed by atoms with E-state index < -0.39 is 24.0 Å². The molecule has 0 spiro atoms. The molecule has 5 heteroatoms. The molecule has 0 aromatic rings. The van der Waals surface area contributed by atoms with Crippen LogP contribution < -0.4 is 0 Å². The normalized spacial score (nSPS) is 14.5. The van der Waals surface area contributed by atoms with Crippen molar-refractivity contribution in [1.82, 2.24) is 0 Å². The summed E-state index contributed by atoms with van der Waals surface area (Å²) in [6.45, 7) is 2.33. The molecule has 0 radical (unpaired) electrons. The van der Waals surface area contributed by atoms with Crippen LogP contribution >= 0.6 is 0 Å². The van der Waals surface area contributed by atoms with Gasteiger partial charge in [0, 0.05) is 0 Å². The SMILES string of the molecule is CCOC(=O)C(C)(CCCF)C(=O)O. The Morgan fingerprint density at radius 2 is 2.07 bits per heavy atom. The largest absolute Gasteiger partial charge is 0.480 e. The number of aliphatic carboxylic acids is 1. The van der Waals surface area contributed by atoms with Crippen LogP contribution in [0.2, 0.25) is 0 Å². The Balaban J connectivity index is 4.53. The number of hydrogen-bond acceptors (Lipinski definition) is 3. The van der Waals surface area contributed by atoms with Gasteiger partial charge in [-0.1, -0.05) is 0 Å². The van der Waals surface area contributed by atoms with Crippen LogP contribution in [0, 0.1) is 5.41 Å². The van der Waals surface area contributed by atoms with Crippen molar-refractivity contribution in [2.45, 2.75) is 26.7 Å². The summed E-state index contributed by atoms with van der Waals surface area (Å²) in [5, 5.41) is 8.83. The minimum atomic E-state index is -1.62. The van der Waals surface area contributed by atoms with Crippen molar-refractivity contribution in [3.05, 3.63) is 0 Å². The molecule has 0 saturated heterocycles. The van der Waals surface area contributed by atoms with Gasteiger partial charge >= 0.3 is 11.9 Å². The third kappa shape index (κ3) is 2.97. The van der Waals surface area contributed by atoms with Gasteiger partial charge < -0.3 is 9.84 Å². The molecular formula is C9H15FO4. The number of rotatable bonds is 6. The highest BCUT2D eigenvalue weighted by molar-refractivity contribution is 5.98. The number of alkyl halides is 1. The van der Waals surface area contributed by atoms with Crippen LogP contribution in [0.1, 0.15) is 26.7 Å². The fraction of sp³-hybridized carbons (Fsp3) is 0.778. The highest BCUT2D eigenvalue weighted by atomic mass is 19.1. The average Bonchev–Trinajstić information content (AvgIpc) is 2.14. The summed E-state index contributed by atoms with van der Waals surface area (Å²) in [5.41, 5.74) is -1.62. The third-order valence-corrected chi connectivity index (χ3v) is 2.01. The molecule has 0 aromatic heterocycles. The van der Waals surface area contributed by atoms with Gasteiger partial charge in [0.25, 0.3) is 0 Å². The Morgan fingerprint density at radius 1 is 1.50 bits per heavy atom. The van der Waals surface area contributed by atoms with E-state index >= 15 is 0 Å². The summed E-state index contributed by atoms with van der Waals surface area (Å²) in [5.74, 6) is -2.08. The molecule has 1 unspecified atom stereocenters. The molecule has 1 atom stereocenters. The molecule has 0 heterocycles. The van der Waals surface area contributed by atoms with Gasteiger partial charge in [-0.05, 0) is 26.7 Å². The number of carboxylic acid groups (broad SMARTS) is 1. The van der Waals surface area contributed by atoms with Gasteiger partial charge in [0.2, 0.25) is 0 Å². The fourth-order valence-electron chi connectivity index (χ4n) is 1.01. The first-order chi connectivity index (χ1) is 6.49. The van der Waals surface area contributed by atoms with Crippen molar-refractivity contribution in [3.63, 3.8) is 0 Å². The van der Waals surface area contributed by atoms with Crippen molar-refractivity contribution in [2.75, 3.05) is 13.3 Å². The van der Waals surface area contributed by atoms with E-state index in [-0.39, 0.29) is 19.4 Å². The number of ether oxygens (including phenoxy) is 1. The fourth-order valence-corrected chi connectivity index (χ4v) is 1.01. The van der Waals surface area contributed by atoms with E-state index in [9.17, 15) is 14.0 Å². The maximum Gasteiger partial charge on any atom is 0.323 e.